The lowest BCUT2D eigenvalue weighted by Gasteiger charge is -2.23. The zero-order valence-corrected chi connectivity index (χ0v) is 10.8. The lowest BCUT2D eigenvalue weighted by molar-refractivity contribution is 0.461. The van der Waals surface area contributed by atoms with E-state index < -0.39 is 0 Å². The molecule has 4 heteroatoms. The Hall–Kier alpha value is -1.13. The van der Waals surface area contributed by atoms with Gasteiger partial charge >= 0.3 is 0 Å². The highest BCUT2D eigenvalue weighted by Gasteiger charge is 2.23. The van der Waals surface area contributed by atoms with Gasteiger partial charge in [-0.1, -0.05) is 6.07 Å². The molecule has 1 unspecified atom stereocenters. The predicted octanol–water partition coefficient (Wildman–Crippen LogP) is 2.30. The van der Waals surface area contributed by atoms with Gasteiger partial charge in [-0.15, -0.1) is 11.3 Å². The minimum Gasteiger partial charge on any atom is -0.337 e. The van der Waals surface area contributed by atoms with E-state index >= 15 is 0 Å². The maximum absolute atomic E-state index is 4.54. The van der Waals surface area contributed by atoms with Crippen molar-refractivity contribution in [2.45, 2.75) is 25.3 Å². The molecule has 0 aliphatic carbocycles. The lowest BCUT2D eigenvalue weighted by atomic mass is 10.0. The topological polar surface area (TPSA) is 29.9 Å². The van der Waals surface area contributed by atoms with Crippen LogP contribution in [-0.4, -0.2) is 16.1 Å². The maximum Gasteiger partial charge on any atom is 0.0949 e. The van der Waals surface area contributed by atoms with Gasteiger partial charge in [0.1, 0.15) is 0 Å². The fourth-order valence-corrected chi connectivity index (χ4v) is 3.24. The van der Waals surface area contributed by atoms with Crippen LogP contribution in [0, 0.1) is 0 Å². The van der Waals surface area contributed by atoms with Crippen LogP contribution in [0.2, 0.25) is 0 Å². The Morgan fingerprint density at radius 3 is 3.35 bits per heavy atom. The van der Waals surface area contributed by atoms with Crippen molar-refractivity contribution < 1.29 is 0 Å². The second-order valence-corrected chi connectivity index (χ2v) is 5.59. The summed E-state index contributed by atoms with van der Waals surface area (Å²) >= 11 is 1.84. The molecule has 3 nitrogen and oxygen atoms in total. The fourth-order valence-electron chi connectivity index (χ4n) is 2.51. The Morgan fingerprint density at radius 1 is 1.59 bits per heavy atom. The molecule has 0 amide bonds. The summed E-state index contributed by atoms with van der Waals surface area (Å²) in [7, 11) is 2.09. The average Bonchev–Trinajstić information content (AvgIpc) is 2.97. The van der Waals surface area contributed by atoms with Gasteiger partial charge in [-0.05, 0) is 24.3 Å². The average molecular weight is 247 g/mol. The summed E-state index contributed by atoms with van der Waals surface area (Å²) in [5.41, 5.74) is 2.66. The summed E-state index contributed by atoms with van der Waals surface area (Å²) in [4.78, 5) is 6.01. The van der Waals surface area contributed by atoms with Gasteiger partial charge in [-0.3, -0.25) is 0 Å². The van der Waals surface area contributed by atoms with E-state index in [2.05, 4.69) is 39.4 Å². The van der Waals surface area contributed by atoms with E-state index in [4.69, 9.17) is 0 Å². The molecule has 0 fully saturated rings. The zero-order valence-electron chi connectivity index (χ0n) is 10.0. The molecule has 1 N–H and O–H groups in total. The van der Waals surface area contributed by atoms with Crippen molar-refractivity contribution in [1.29, 1.82) is 0 Å². The third-order valence-corrected chi connectivity index (χ3v) is 4.37. The summed E-state index contributed by atoms with van der Waals surface area (Å²) in [6.45, 7) is 1.07. The number of nitrogens with one attached hydrogen (secondary N) is 1. The van der Waals surface area contributed by atoms with Crippen LogP contribution in [0.25, 0.3) is 0 Å². The van der Waals surface area contributed by atoms with Gasteiger partial charge in [0.15, 0.2) is 0 Å². The van der Waals surface area contributed by atoms with Crippen molar-refractivity contribution in [3.8, 4) is 0 Å². The van der Waals surface area contributed by atoms with Crippen LogP contribution in [0.5, 0.6) is 0 Å². The van der Waals surface area contributed by atoms with Crippen molar-refractivity contribution in [1.82, 2.24) is 14.9 Å². The number of hydrogen-bond acceptors (Lipinski definition) is 3. The van der Waals surface area contributed by atoms with Gasteiger partial charge in [-0.25, -0.2) is 4.98 Å². The first-order valence-corrected chi connectivity index (χ1v) is 6.98. The molecule has 1 aliphatic heterocycles. The maximum atomic E-state index is 4.54. The van der Waals surface area contributed by atoms with E-state index in [-0.39, 0.29) is 0 Å². The van der Waals surface area contributed by atoms with Gasteiger partial charge in [0.2, 0.25) is 0 Å². The Labute approximate surface area is 106 Å². The predicted molar refractivity (Wildman–Crippen MR) is 70.3 cm³/mol. The highest BCUT2D eigenvalue weighted by molar-refractivity contribution is 7.09. The Kier molecular flexibility index (Phi) is 2.99. The molecule has 0 bridgehead atoms. The van der Waals surface area contributed by atoms with Gasteiger partial charge in [0.25, 0.3) is 0 Å². The molecular weight excluding hydrogens is 230 g/mol. The standard InChI is InChI=1S/C13H17N3S/c1-16-9-15-13-11(14-7-6-12(13)16)5-4-10-3-2-8-17-10/h2-3,8-9,11,14H,4-7H2,1H3. The molecular formula is C13H17N3S. The minimum absolute atomic E-state index is 0.432. The molecule has 90 valence electrons. The molecule has 17 heavy (non-hydrogen) atoms. The van der Waals surface area contributed by atoms with Gasteiger partial charge < -0.3 is 9.88 Å². The molecule has 0 aromatic carbocycles. The molecule has 3 heterocycles. The second kappa shape index (κ2) is 4.63. The van der Waals surface area contributed by atoms with Gasteiger partial charge in [-0.2, -0.15) is 0 Å². The summed E-state index contributed by atoms with van der Waals surface area (Å²) in [5.74, 6) is 0. The number of fused-ring (bicyclic) bond motifs is 1. The van der Waals surface area contributed by atoms with E-state index in [1.54, 1.807) is 0 Å². The highest BCUT2D eigenvalue weighted by atomic mass is 32.1. The first-order chi connectivity index (χ1) is 8.34. The fraction of sp³-hybridized carbons (Fsp3) is 0.462. The van der Waals surface area contributed by atoms with Crippen molar-refractivity contribution in [2.24, 2.45) is 7.05 Å². The van der Waals surface area contributed by atoms with E-state index in [0.29, 0.717) is 6.04 Å². The molecule has 0 spiro atoms. The van der Waals surface area contributed by atoms with Crippen molar-refractivity contribution in [3.05, 3.63) is 40.1 Å². The molecule has 2 aromatic heterocycles. The lowest BCUT2D eigenvalue weighted by Crippen LogP contribution is -2.30. The number of aryl methyl sites for hydroxylation is 2. The van der Waals surface area contributed by atoms with Crippen LogP contribution in [0.1, 0.15) is 28.7 Å². The van der Waals surface area contributed by atoms with E-state index in [1.165, 1.54) is 16.3 Å². The van der Waals surface area contributed by atoms with Crippen molar-refractivity contribution in [2.75, 3.05) is 6.54 Å². The molecule has 0 saturated carbocycles. The summed E-state index contributed by atoms with van der Waals surface area (Å²) in [5, 5.41) is 5.73. The first kappa shape index (κ1) is 11.0. The number of rotatable bonds is 3. The molecule has 1 aliphatic rings. The van der Waals surface area contributed by atoms with Crippen molar-refractivity contribution >= 4 is 11.3 Å². The molecule has 1 atom stereocenters. The summed E-state index contributed by atoms with van der Waals surface area (Å²) in [6.07, 6.45) is 5.33. The Balaban J connectivity index is 1.72. The van der Waals surface area contributed by atoms with Gasteiger partial charge in [0.05, 0.1) is 18.1 Å². The SMILES string of the molecule is Cn1cnc2c1CCNC2CCc1cccs1. The van der Waals surface area contributed by atoms with Gasteiger partial charge in [0, 0.05) is 30.6 Å². The molecule has 3 rings (SSSR count). The normalized spacial score (nSPS) is 19.2. The van der Waals surface area contributed by atoms with Crippen LogP contribution in [-0.2, 0) is 19.9 Å². The number of imidazole rings is 1. The van der Waals surface area contributed by atoms with Crippen molar-refractivity contribution in [3.63, 3.8) is 0 Å². The van der Waals surface area contributed by atoms with Crippen LogP contribution >= 0.6 is 11.3 Å². The molecule has 0 radical (unpaired) electrons. The minimum atomic E-state index is 0.432. The summed E-state index contributed by atoms with van der Waals surface area (Å²) < 4.78 is 2.16. The summed E-state index contributed by atoms with van der Waals surface area (Å²) in [6, 6.07) is 4.77. The quantitative estimate of drug-likeness (QED) is 0.902. The smallest absolute Gasteiger partial charge is 0.0949 e. The van der Waals surface area contributed by atoms with E-state index in [9.17, 15) is 0 Å². The van der Waals surface area contributed by atoms with Crippen LogP contribution < -0.4 is 5.32 Å². The Morgan fingerprint density at radius 2 is 2.53 bits per heavy atom. The first-order valence-electron chi connectivity index (χ1n) is 6.10. The Bertz CT molecular complexity index is 487. The monoisotopic (exact) mass is 247 g/mol. The van der Waals surface area contributed by atoms with E-state index in [0.717, 1.165) is 25.8 Å². The van der Waals surface area contributed by atoms with Crippen LogP contribution in [0.15, 0.2) is 23.8 Å². The highest BCUT2D eigenvalue weighted by Crippen LogP contribution is 2.25. The molecule has 0 saturated heterocycles. The second-order valence-electron chi connectivity index (χ2n) is 4.56. The third-order valence-electron chi connectivity index (χ3n) is 3.43. The third kappa shape index (κ3) is 2.15. The van der Waals surface area contributed by atoms with E-state index in [1.807, 2.05) is 17.7 Å². The molecule has 2 aromatic rings. The largest absolute Gasteiger partial charge is 0.337 e. The van der Waals surface area contributed by atoms with Crippen LogP contribution in [0.3, 0.4) is 0 Å². The number of thiophene rings is 1. The number of hydrogen-bond donors (Lipinski definition) is 1. The van der Waals surface area contributed by atoms with Crippen LogP contribution in [0.4, 0.5) is 0 Å². The zero-order chi connectivity index (χ0) is 11.7. The number of aromatic nitrogens is 2. The number of nitrogens with zero attached hydrogens (tertiary/aromatic N) is 2.